The van der Waals surface area contributed by atoms with E-state index < -0.39 is 5.97 Å². The van der Waals surface area contributed by atoms with E-state index in [2.05, 4.69) is 10.6 Å². The lowest BCUT2D eigenvalue weighted by atomic mass is 10.1. The zero-order valence-electron chi connectivity index (χ0n) is 14.4. The van der Waals surface area contributed by atoms with Crippen LogP contribution in [-0.4, -0.2) is 22.9 Å². The highest BCUT2D eigenvalue weighted by molar-refractivity contribution is 5.97. The maximum Gasteiger partial charge on any atom is 0.335 e. The second-order valence-electron chi connectivity index (χ2n) is 6.47. The van der Waals surface area contributed by atoms with Crippen molar-refractivity contribution in [1.82, 2.24) is 5.32 Å². The first kappa shape index (κ1) is 17.7. The Hall–Kier alpha value is -3.15. The van der Waals surface area contributed by atoms with Gasteiger partial charge in [-0.3, -0.25) is 9.59 Å². The molecule has 1 fully saturated rings. The van der Waals surface area contributed by atoms with Crippen LogP contribution in [0.15, 0.2) is 48.5 Å². The number of amides is 2. The van der Waals surface area contributed by atoms with Gasteiger partial charge in [-0.2, -0.15) is 0 Å². The Morgan fingerprint density at radius 1 is 1.04 bits per heavy atom. The second kappa shape index (κ2) is 7.39. The minimum atomic E-state index is -1.07. The predicted molar refractivity (Wildman–Crippen MR) is 97.1 cm³/mol. The van der Waals surface area contributed by atoms with Gasteiger partial charge in [0.05, 0.1) is 11.6 Å². The van der Waals surface area contributed by atoms with Gasteiger partial charge in [-0.1, -0.05) is 18.2 Å². The van der Waals surface area contributed by atoms with E-state index >= 15 is 0 Å². The van der Waals surface area contributed by atoms with E-state index in [1.165, 1.54) is 12.1 Å². The van der Waals surface area contributed by atoms with Crippen molar-refractivity contribution in [2.24, 2.45) is 5.92 Å². The molecule has 6 nitrogen and oxygen atoms in total. The van der Waals surface area contributed by atoms with Crippen LogP contribution in [0.1, 0.15) is 52.1 Å². The summed E-state index contributed by atoms with van der Waals surface area (Å²) in [5.41, 5.74) is 1.99. The number of carboxylic acid groups (broad SMARTS) is 1. The first-order valence-electron chi connectivity index (χ1n) is 8.49. The van der Waals surface area contributed by atoms with Crippen LogP contribution in [-0.2, 0) is 4.79 Å². The van der Waals surface area contributed by atoms with Crippen LogP contribution < -0.4 is 10.6 Å². The van der Waals surface area contributed by atoms with Crippen molar-refractivity contribution in [3.8, 4) is 0 Å². The fraction of sp³-hybridized carbons (Fsp3) is 0.250. The average molecular weight is 352 g/mol. The molecule has 0 radical (unpaired) electrons. The van der Waals surface area contributed by atoms with Gasteiger partial charge in [-0.05, 0) is 55.7 Å². The number of benzene rings is 2. The number of hydrogen-bond acceptors (Lipinski definition) is 3. The van der Waals surface area contributed by atoms with Crippen LogP contribution in [0, 0.1) is 5.92 Å². The van der Waals surface area contributed by atoms with Gasteiger partial charge in [-0.25, -0.2) is 4.79 Å². The van der Waals surface area contributed by atoms with E-state index in [1.807, 2.05) is 31.2 Å². The number of rotatable bonds is 6. The highest BCUT2D eigenvalue weighted by Crippen LogP contribution is 2.30. The van der Waals surface area contributed by atoms with Gasteiger partial charge in [0, 0.05) is 17.2 Å². The van der Waals surface area contributed by atoms with E-state index in [0.29, 0.717) is 5.56 Å². The number of carboxylic acids is 1. The van der Waals surface area contributed by atoms with E-state index in [0.717, 1.165) is 24.1 Å². The van der Waals surface area contributed by atoms with Crippen molar-refractivity contribution in [1.29, 1.82) is 0 Å². The zero-order valence-corrected chi connectivity index (χ0v) is 14.4. The Kier molecular flexibility index (Phi) is 5.02. The van der Waals surface area contributed by atoms with Crippen LogP contribution in [0.2, 0.25) is 0 Å². The van der Waals surface area contributed by atoms with E-state index in [-0.39, 0.29) is 29.3 Å². The molecule has 0 bridgehead atoms. The highest BCUT2D eigenvalue weighted by Gasteiger charge is 2.29. The summed E-state index contributed by atoms with van der Waals surface area (Å²) >= 11 is 0. The summed E-state index contributed by atoms with van der Waals surface area (Å²) < 4.78 is 0. The molecular weight excluding hydrogens is 332 g/mol. The molecule has 0 spiro atoms. The van der Waals surface area contributed by atoms with Gasteiger partial charge < -0.3 is 15.7 Å². The second-order valence-corrected chi connectivity index (χ2v) is 6.47. The SMILES string of the molecule is CC(NC(=O)c1cccc(C(=O)O)c1)c1ccc(NC(=O)C2CC2)cc1. The number of carbonyl (C=O) groups excluding carboxylic acids is 2. The average Bonchev–Trinajstić information content (AvgIpc) is 3.47. The molecule has 1 aliphatic rings. The standard InChI is InChI=1S/C20H20N2O4/c1-12(21-19(24)15-3-2-4-16(11-15)20(25)26)13-7-9-17(10-8-13)22-18(23)14-5-6-14/h2-4,7-12,14H,5-6H2,1H3,(H,21,24)(H,22,23)(H,25,26). The lowest BCUT2D eigenvalue weighted by molar-refractivity contribution is -0.117. The molecule has 2 aromatic carbocycles. The molecular formula is C20H20N2O4. The quantitative estimate of drug-likeness (QED) is 0.744. The Labute approximate surface area is 151 Å². The molecule has 0 aromatic heterocycles. The molecule has 0 saturated heterocycles. The molecule has 6 heteroatoms. The van der Waals surface area contributed by atoms with Gasteiger partial charge >= 0.3 is 5.97 Å². The molecule has 1 aliphatic carbocycles. The van der Waals surface area contributed by atoms with Crippen molar-refractivity contribution in [2.75, 3.05) is 5.32 Å². The number of aromatic carboxylic acids is 1. The van der Waals surface area contributed by atoms with Crippen molar-refractivity contribution in [3.05, 3.63) is 65.2 Å². The largest absolute Gasteiger partial charge is 0.478 e. The summed E-state index contributed by atoms with van der Waals surface area (Å²) in [7, 11) is 0. The Bertz CT molecular complexity index is 841. The molecule has 26 heavy (non-hydrogen) atoms. The van der Waals surface area contributed by atoms with Crippen molar-refractivity contribution >= 4 is 23.5 Å². The first-order chi connectivity index (χ1) is 12.4. The van der Waals surface area contributed by atoms with Gasteiger partial charge in [-0.15, -0.1) is 0 Å². The maximum absolute atomic E-state index is 12.3. The molecule has 3 rings (SSSR count). The van der Waals surface area contributed by atoms with Gasteiger partial charge in [0.2, 0.25) is 5.91 Å². The highest BCUT2D eigenvalue weighted by atomic mass is 16.4. The molecule has 1 atom stereocenters. The third-order valence-electron chi connectivity index (χ3n) is 4.35. The minimum Gasteiger partial charge on any atom is -0.478 e. The molecule has 0 heterocycles. The Balaban J connectivity index is 1.62. The smallest absolute Gasteiger partial charge is 0.335 e. The summed E-state index contributed by atoms with van der Waals surface area (Å²) in [6.45, 7) is 1.84. The fourth-order valence-electron chi connectivity index (χ4n) is 2.60. The maximum atomic E-state index is 12.3. The third-order valence-corrected chi connectivity index (χ3v) is 4.35. The number of hydrogen-bond donors (Lipinski definition) is 3. The predicted octanol–water partition coefficient (Wildman–Crippen LogP) is 3.22. The van der Waals surface area contributed by atoms with Gasteiger partial charge in [0.25, 0.3) is 5.91 Å². The van der Waals surface area contributed by atoms with Gasteiger partial charge in [0.1, 0.15) is 0 Å². The number of carbonyl (C=O) groups is 3. The van der Waals surface area contributed by atoms with Crippen molar-refractivity contribution in [3.63, 3.8) is 0 Å². The number of anilines is 1. The molecule has 0 aliphatic heterocycles. The normalized spacial score (nSPS) is 14.3. The fourth-order valence-corrected chi connectivity index (χ4v) is 2.60. The van der Waals surface area contributed by atoms with Crippen LogP contribution in [0.3, 0.4) is 0 Å². The molecule has 1 saturated carbocycles. The summed E-state index contributed by atoms with van der Waals surface area (Å²) in [6.07, 6.45) is 1.91. The topological polar surface area (TPSA) is 95.5 Å². The lowest BCUT2D eigenvalue weighted by Gasteiger charge is -2.15. The van der Waals surface area contributed by atoms with Crippen LogP contribution in [0.5, 0.6) is 0 Å². The summed E-state index contributed by atoms with van der Waals surface area (Å²) in [6, 6.07) is 13.0. The summed E-state index contributed by atoms with van der Waals surface area (Å²) in [5.74, 6) is -1.21. The van der Waals surface area contributed by atoms with Crippen LogP contribution in [0.4, 0.5) is 5.69 Å². The van der Waals surface area contributed by atoms with Crippen molar-refractivity contribution in [2.45, 2.75) is 25.8 Å². The molecule has 2 aromatic rings. The zero-order chi connectivity index (χ0) is 18.7. The van der Waals surface area contributed by atoms with E-state index in [9.17, 15) is 14.4 Å². The molecule has 1 unspecified atom stereocenters. The van der Waals surface area contributed by atoms with Crippen molar-refractivity contribution < 1.29 is 19.5 Å². The molecule has 3 N–H and O–H groups in total. The number of nitrogens with one attached hydrogen (secondary N) is 2. The van der Waals surface area contributed by atoms with Crippen LogP contribution >= 0.6 is 0 Å². The third kappa shape index (κ3) is 4.27. The minimum absolute atomic E-state index is 0.0532. The molecule has 2 amide bonds. The van der Waals surface area contributed by atoms with Crippen LogP contribution in [0.25, 0.3) is 0 Å². The first-order valence-corrected chi connectivity index (χ1v) is 8.49. The molecule has 134 valence electrons. The van der Waals surface area contributed by atoms with E-state index in [4.69, 9.17) is 5.11 Å². The van der Waals surface area contributed by atoms with Gasteiger partial charge in [0.15, 0.2) is 0 Å². The lowest BCUT2D eigenvalue weighted by Crippen LogP contribution is -2.26. The van der Waals surface area contributed by atoms with E-state index in [1.54, 1.807) is 12.1 Å². The summed E-state index contributed by atoms with van der Waals surface area (Å²) in [4.78, 5) is 35.1. The monoisotopic (exact) mass is 352 g/mol. The Morgan fingerprint density at radius 2 is 1.69 bits per heavy atom. The summed E-state index contributed by atoms with van der Waals surface area (Å²) in [5, 5.41) is 14.7. The Morgan fingerprint density at radius 3 is 2.31 bits per heavy atom.